The SMILES string of the molecule is CC(=O)c1cccc(Nc2cnnc(Nc3ccc4c(c3)OCCO4)n2)c1. The number of hydrogen-bond acceptors (Lipinski definition) is 8. The molecule has 136 valence electrons. The minimum absolute atomic E-state index is 0.000395. The molecule has 0 saturated carbocycles. The Balaban J connectivity index is 1.51. The van der Waals surface area contributed by atoms with Crippen LogP contribution in [0.2, 0.25) is 0 Å². The van der Waals surface area contributed by atoms with Gasteiger partial charge in [0.25, 0.3) is 0 Å². The van der Waals surface area contributed by atoms with Crippen molar-refractivity contribution in [3.05, 3.63) is 54.2 Å². The van der Waals surface area contributed by atoms with E-state index in [1.165, 1.54) is 13.1 Å². The smallest absolute Gasteiger partial charge is 0.249 e. The molecule has 1 aliphatic rings. The van der Waals surface area contributed by atoms with Gasteiger partial charge in [0, 0.05) is 23.0 Å². The molecule has 0 radical (unpaired) electrons. The minimum Gasteiger partial charge on any atom is -0.486 e. The molecule has 3 aromatic rings. The third-order valence-electron chi connectivity index (χ3n) is 3.90. The van der Waals surface area contributed by atoms with E-state index in [1.807, 2.05) is 30.3 Å². The summed E-state index contributed by atoms with van der Waals surface area (Å²) in [6.07, 6.45) is 1.51. The molecule has 1 aromatic heterocycles. The summed E-state index contributed by atoms with van der Waals surface area (Å²) in [5.74, 6) is 2.23. The molecule has 8 nitrogen and oxygen atoms in total. The van der Waals surface area contributed by atoms with Crippen LogP contribution in [0.25, 0.3) is 0 Å². The lowest BCUT2D eigenvalue weighted by molar-refractivity contribution is 0.101. The van der Waals surface area contributed by atoms with E-state index in [1.54, 1.807) is 12.1 Å². The molecule has 0 atom stereocenters. The van der Waals surface area contributed by atoms with Crippen LogP contribution >= 0.6 is 0 Å². The summed E-state index contributed by atoms with van der Waals surface area (Å²) < 4.78 is 11.1. The average Bonchev–Trinajstić information content (AvgIpc) is 2.68. The summed E-state index contributed by atoms with van der Waals surface area (Å²) in [5, 5.41) is 14.2. The third-order valence-corrected chi connectivity index (χ3v) is 3.90. The molecule has 2 aromatic carbocycles. The maximum atomic E-state index is 11.5. The van der Waals surface area contributed by atoms with Crippen LogP contribution in [0.4, 0.5) is 23.1 Å². The van der Waals surface area contributed by atoms with Crippen LogP contribution in [0.15, 0.2) is 48.7 Å². The largest absolute Gasteiger partial charge is 0.486 e. The van der Waals surface area contributed by atoms with E-state index in [0.29, 0.717) is 42.0 Å². The second-order valence-corrected chi connectivity index (χ2v) is 5.91. The number of rotatable bonds is 5. The summed E-state index contributed by atoms with van der Waals surface area (Å²) in [5.41, 5.74) is 2.13. The number of carbonyl (C=O) groups excluding carboxylic acids is 1. The van der Waals surface area contributed by atoms with Gasteiger partial charge in [-0.05, 0) is 31.2 Å². The number of nitrogens with one attached hydrogen (secondary N) is 2. The van der Waals surface area contributed by atoms with Gasteiger partial charge in [0.05, 0.1) is 6.20 Å². The Morgan fingerprint density at radius 1 is 1.00 bits per heavy atom. The van der Waals surface area contributed by atoms with E-state index in [9.17, 15) is 4.79 Å². The molecule has 0 bridgehead atoms. The van der Waals surface area contributed by atoms with Crippen molar-refractivity contribution in [1.29, 1.82) is 0 Å². The van der Waals surface area contributed by atoms with E-state index in [-0.39, 0.29) is 5.78 Å². The summed E-state index contributed by atoms with van der Waals surface area (Å²) in [6.45, 7) is 2.60. The van der Waals surface area contributed by atoms with Crippen LogP contribution in [0.1, 0.15) is 17.3 Å². The Kier molecular flexibility index (Phi) is 4.52. The number of fused-ring (bicyclic) bond motifs is 1. The quantitative estimate of drug-likeness (QED) is 0.666. The van der Waals surface area contributed by atoms with Crippen LogP contribution in [0.3, 0.4) is 0 Å². The summed E-state index contributed by atoms with van der Waals surface area (Å²) in [6, 6.07) is 12.7. The number of Topliss-reactive ketones (excluding diaryl/α,β-unsaturated/α-hetero) is 1. The van der Waals surface area contributed by atoms with Gasteiger partial charge in [-0.1, -0.05) is 12.1 Å². The first-order valence-corrected chi connectivity index (χ1v) is 8.42. The third kappa shape index (κ3) is 3.95. The van der Waals surface area contributed by atoms with Crippen molar-refractivity contribution in [2.75, 3.05) is 23.8 Å². The van der Waals surface area contributed by atoms with Gasteiger partial charge in [0.2, 0.25) is 5.95 Å². The molecule has 4 rings (SSSR count). The first-order chi connectivity index (χ1) is 13.2. The van der Waals surface area contributed by atoms with Crippen LogP contribution in [-0.2, 0) is 0 Å². The number of hydrogen-bond donors (Lipinski definition) is 2. The van der Waals surface area contributed by atoms with E-state index in [4.69, 9.17) is 9.47 Å². The van der Waals surface area contributed by atoms with Crippen molar-refractivity contribution >= 4 is 28.9 Å². The number of aromatic nitrogens is 3. The van der Waals surface area contributed by atoms with E-state index >= 15 is 0 Å². The van der Waals surface area contributed by atoms with Crippen LogP contribution in [0, 0.1) is 0 Å². The van der Waals surface area contributed by atoms with Gasteiger partial charge in [-0.3, -0.25) is 4.79 Å². The van der Waals surface area contributed by atoms with Crippen molar-refractivity contribution in [2.45, 2.75) is 6.92 Å². The van der Waals surface area contributed by atoms with Crippen LogP contribution in [0.5, 0.6) is 11.5 Å². The number of ether oxygens (including phenoxy) is 2. The molecular weight excluding hydrogens is 346 g/mol. The molecule has 2 heterocycles. The number of ketones is 1. The van der Waals surface area contributed by atoms with E-state index < -0.39 is 0 Å². The zero-order valence-electron chi connectivity index (χ0n) is 14.6. The highest BCUT2D eigenvalue weighted by atomic mass is 16.6. The summed E-state index contributed by atoms with van der Waals surface area (Å²) >= 11 is 0. The van der Waals surface area contributed by atoms with E-state index in [2.05, 4.69) is 25.8 Å². The van der Waals surface area contributed by atoms with Gasteiger partial charge >= 0.3 is 0 Å². The van der Waals surface area contributed by atoms with Gasteiger partial charge < -0.3 is 20.1 Å². The topological polar surface area (TPSA) is 98.3 Å². The molecule has 0 amide bonds. The Morgan fingerprint density at radius 3 is 2.67 bits per heavy atom. The molecular formula is C19H17N5O3. The summed E-state index contributed by atoms with van der Waals surface area (Å²) in [7, 11) is 0. The van der Waals surface area contributed by atoms with Gasteiger partial charge in [0.1, 0.15) is 13.2 Å². The van der Waals surface area contributed by atoms with Crippen molar-refractivity contribution in [1.82, 2.24) is 15.2 Å². The lowest BCUT2D eigenvalue weighted by Crippen LogP contribution is -2.15. The highest BCUT2D eigenvalue weighted by molar-refractivity contribution is 5.95. The Hall–Kier alpha value is -3.68. The van der Waals surface area contributed by atoms with Crippen molar-refractivity contribution in [3.63, 3.8) is 0 Å². The van der Waals surface area contributed by atoms with Crippen molar-refractivity contribution < 1.29 is 14.3 Å². The standard InChI is InChI=1S/C19H17N5O3/c1-12(25)13-3-2-4-14(9-13)21-18-11-20-24-19(23-18)22-15-5-6-16-17(10-15)27-8-7-26-16/h2-6,9-11H,7-8H2,1H3,(H2,21,22,23,24). The maximum absolute atomic E-state index is 11.5. The van der Waals surface area contributed by atoms with Crippen LogP contribution < -0.4 is 20.1 Å². The Bertz CT molecular complexity index is 993. The molecule has 0 fully saturated rings. The average molecular weight is 363 g/mol. The summed E-state index contributed by atoms with van der Waals surface area (Å²) in [4.78, 5) is 15.9. The van der Waals surface area contributed by atoms with Crippen molar-refractivity contribution in [3.8, 4) is 11.5 Å². The van der Waals surface area contributed by atoms with Crippen LogP contribution in [-0.4, -0.2) is 34.2 Å². The molecule has 0 aliphatic carbocycles. The molecule has 0 spiro atoms. The van der Waals surface area contributed by atoms with Gasteiger partial charge in [-0.15, -0.1) is 5.10 Å². The monoisotopic (exact) mass is 363 g/mol. The highest BCUT2D eigenvalue weighted by Gasteiger charge is 2.12. The normalized spacial score (nSPS) is 12.3. The van der Waals surface area contributed by atoms with Crippen molar-refractivity contribution in [2.24, 2.45) is 0 Å². The second kappa shape index (κ2) is 7.28. The Morgan fingerprint density at radius 2 is 1.81 bits per heavy atom. The fourth-order valence-corrected chi connectivity index (χ4v) is 2.63. The number of benzene rings is 2. The molecule has 0 unspecified atom stereocenters. The number of carbonyl (C=O) groups is 1. The Labute approximate surface area is 155 Å². The molecule has 27 heavy (non-hydrogen) atoms. The second-order valence-electron chi connectivity index (χ2n) is 5.91. The zero-order valence-corrected chi connectivity index (χ0v) is 14.6. The lowest BCUT2D eigenvalue weighted by atomic mass is 10.1. The van der Waals surface area contributed by atoms with E-state index in [0.717, 1.165) is 11.4 Å². The first-order valence-electron chi connectivity index (χ1n) is 8.42. The molecule has 1 aliphatic heterocycles. The molecule has 2 N–H and O–H groups in total. The molecule has 0 saturated heterocycles. The predicted octanol–water partition coefficient (Wildman–Crippen LogP) is 3.33. The highest BCUT2D eigenvalue weighted by Crippen LogP contribution is 2.33. The first kappa shape index (κ1) is 16.8. The van der Waals surface area contributed by atoms with Gasteiger partial charge in [-0.2, -0.15) is 10.1 Å². The maximum Gasteiger partial charge on any atom is 0.249 e. The minimum atomic E-state index is 0.000395. The van der Waals surface area contributed by atoms with Gasteiger partial charge in [-0.25, -0.2) is 0 Å². The lowest BCUT2D eigenvalue weighted by Gasteiger charge is -2.19. The number of anilines is 4. The zero-order chi connectivity index (χ0) is 18.6. The van der Waals surface area contributed by atoms with Gasteiger partial charge in [0.15, 0.2) is 23.1 Å². The fraction of sp³-hybridized carbons (Fsp3) is 0.158. The fourth-order valence-electron chi connectivity index (χ4n) is 2.63. The number of nitrogens with zero attached hydrogens (tertiary/aromatic N) is 3. The predicted molar refractivity (Wildman–Crippen MR) is 100 cm³/mol. The molecule has 8 heteroatoms.